The molecule has 0 aliphatic heterocycles. The van der Waals surface area contributed by atoms with E-state index < -0.39 is 15.8 Å². The summed E-state index contributed by atoms with van der Waals surface area (Å²) in [6.45, 7) is 4.52. The van der Waals surface area contributed by atoms with Gasteiger partial charge in [0.1, 0.15) is 0 Å². The van der Waals surface area contributed by atoms with Crippen molar-refractivity contribution in [1.82, 2.24) is 0 Å². The van der Waals surface area contributed by atoms with Gasteiger partial charge < -0.3 is 24.8 Å². The molecule has 8 rings (SSSR count). The number of rotatable bonds is 7. The minimum Gasteiger partial charge on any atom is -1.00 e. The second kappa shape index (κ2) is 18.9. The molecule has 0 atom stereocenters. The maximum atomic E-state index is 2.40. The predicted molar refractivity (Wildman–Crippen MR) is 211 cm³/mol. The van der Waals surface area contributed by atoms with Crippen molar-refractivity contribution in [3.05, 3.63) is 194 Å². The van der Waals surface area contributed by atoms with Crippen LogP contribution in [0.25, 0.3) is 21.5 Å². The standard InChI is InChI=1S/C24H22P.C21H16P.2ClH.Zr/c1-18(2)20-15-19-13-14-24(17-21(19)16-20)25(22-9-5-3-6-10-22)23-11-7-4-8-12-23;1-3-10-19(11-4-1)22(20-12-5-2-6-13-20)21-15-14-17-8-7-9-18(17)16-21;;;/h3-18H,1-2H3;1-16H;2*1H;/q2*-1;;;+4/p-2. The topological polar surface area (TPSA) is 0 Å². The first kappa shape index (κ1) is 39.6. The van der Waals surface area contributed by atoms with Gasteiger partial charge in [0.15, 0.2) is 0 Å². The van der Waals surface area contributed by atoms with E-state index in [2.05, 4.69) is 202 Å². The van der Waals surface area contributed by atoms with Crippen LogP contribution in [0, 0.1) is 0 Å². The molecule has 0 saturated carbocycles. The number of halogens is 2. The zero-order valence-electron chi connectivity index (χ0n) is 28.1. The molecule has 0 fully saturated rings. The first-order chi connectivity index (χ1) is 23.1. The molecule has 0 unspecified atom stereocenters. The van der Waals surface area contributed by atoms with Gasteiger partial charge in [-0.1, -0.05) is 159 Å². The van der Waals surface area contributed by atoms with Gasteiger partial charge in [0.25, 0.3) is 0 Å². The van der Waals surface area contributed by atoms with Gasteiger partial charge in [-0.2, -0.15) is 23.6 Å². The van der Waals surface area contributed by atoms with E-state index in [0.29, 0.717) is 5.92 Å². The van der Waals surface area contributed by atoms with E-state index in [1.165, 1.54) is 58.9 Å². The van der Waals surface area contributed by atoms with Gasteiger partial charge in [0.05, 0.1) is 0 Å². The normalized spacial score (nSPS) is 10.7. The minimum atomic E-state index is -0.525. The van der Waals surface area contributed by atoms with Crippen molar-refractivity contribution in [1.29, 1.82) is 0 Å². The largest absolute Gasteiger partial charge is 4.00 e. The second-order valence-corrected chi connectivity index (χ2v) is 16.5. The average Bonchev–Trinajstić information content (AvgIpc) is 3.78. The Morgan fingerprint density at radius 3 is 1.24 bits per heavy atom. The van der Waals surface area contributed by atoms with Crippen LogP contribution in [0.3, 0.4) is 0 Å². The third-order valence-electron chi connectivity index (χ3n) is 8.58. The molecule has 0 aromatic heterocycles. The summed E-state index contributed by atoms with van der Waals surface area (Å²) in [4.78, 5) is 0. The number of hydrogen-bond acceptors (Lipinski definition) is 0. The van der Waals surface area contributed by atoms with E-state index in [9.17, 15) is 0 Å². The Balaban J connectivity index is 0.000000213. The molecule has 246 valence electrons. The minimum absolute atomic E-state index is 0. The smallest absolute Gasteiger partial charge is 1.00 e. The summed E-state index contributed by atoms with van der Waals surface area (Å²) in [6, 6.07) is 68.5. The van der Waals surface area contributed by atoms with Crippen molar-refractivity contribution >= 4 is 69.2 Å². The van der Waals surface area contributed by atoms with Crippen LogP contribution in [0.1, 0.15) is 25.3 Å². The van der Waals surface area contributed by atoms with Crippen LogP contribution in [0.5, 0.6) is 0 Å². The molecule has 50 heavy (non-hydrogen) atoms. The number of hydrogen-bond donors (Lipinski definition) is 0. The fourth-order valence-electron chi connectivity index (χ4n) is 6.15. The van der Waals surface area contributed by atoms with Gasteiger partial charge in [-0.05, 0) is 53.6 Å². The van der Waals surface area contributed by atoms with Crippen molar-refractivity contribution in [3.8, 4) is 0 Å². The molecule has 0 heterocycles. The molecular weight excluding hydrogens is 765 g/mol. The van der Waals surface area contributed by atoms with E-state index in [-0.39, 0.29) is 51.0 Å². The number of benzene rings is 6. The van der Waals surface area contributed by atoms with Crippen LogP contribution >= 0.6 is 15.8 Å². The summed E-state index contributed by atoms with van der Waals surface area (Å²) in [5.74, 6) is 0.570. The Labute approximate surface area is 331 Å². The first-order valence-electron chi connectivity index (χ1n) is 16.3. The van der Waals surface area contributed by atoms with Crippen molar-refractivity contribution in [2.75, 3.05) is 0 Å². The maximum absolute atomic E-state index is 2.40. The van der Waals surface area contributed by atoms with Crippen molar-refractivity contribution < 1.29 is 51.0 Å². The summed E-state index contributed by atoms with van der Waals surface area (Å²) in [5.41, 5.74) is 1.43. The molecule has 0 bridgehead atoms. The van der Waals surface area contributed by atoms with Gasteiger partial charge in [0.2, 0.25) is 0 Å². The Morgan fingerprint density at radius 1 is 0.420 bits per heavy atom. The van der Waals surface area contributed by atoms with Gasteiger partial charge in [0, 0.05) is 0 Å². The fourth-order valence-corrected chi connectivity index (χ4v) is 10.8. The summed E-state index contributed by atoms with van der Waals surface area (Å²) in [5, 5.41) is 13.8. The molecule has 0 radical (unpaired) electrons. The molecule has 0 nitrogen and oxygen atoms in total. The first-order valence-corrected chi connectivity index (χ1v) is 19.0. The van der Waals surface area contributed by atoms with Gasteiger partial charge in [-0.25, -0.2) is 0 Å². The second-order valence-electron chi connectivity index (χ2n) is 12.1. The molecule has 0 aliphatic carbocycles. The number of fused-ring (bicyclic) bond motifs is 2. The fraction of sp³-hybridized carbons (Fsp3) is 0.0667. The van der Waals surface area contributed by atoms with E-state index in [1.807, 2.05) is 0 Å². The van der Waals surface area contributed by atoms with E-state index in [4.69, 9.17) is 0 Å². The van der Waals surface area contributed by atoms with Crippen LogP contribution in [0.2, 0.25) is 0 Å². The van der Waals surface area contributed by atoms with Crippen molar-refractivity contribution in [2.45, 2.75) is 19.8 Å². The Bertz CT molecular complexity index is 2100. The molecule has 5 heteroatoms. The summed E-state index contributed by atoms with van der Waals surface area (Å²) >= 11 is 0. The van der Waals surface area contributed by atoms with Crippen LogP contribution < -0.4 is 56.6 Å². The summed E-state index contributed by atoms with van der Waals surface area (Å²) in [7, 11) is -1.03. The molecule has 0 aliphatic rings. The SMILES string of the molecule is CC(C)c1cc2cc(P(c3ccccc3)c3ccccc3)ccc2[cH-]1.[Cl-].[Cl-].[Zr+4].c1ccc(P(c2ccccc2)c2ccc3[cH-]ccc3c2)cc1. The van der Waals surface area contributed by atoms with E-state index in [1.54, 1.807) is 0 Å². The van der Waals surface area contributed by atoms with Crippen LogP contribution in [-0.2, 0) is 26.2 Å². The van der Waals surface area contributed by atoms with Crippen molar-refractivity contribution in [3.63, 3.8) is 0 Å². The Morgan fingerprint density at radius 2 is 0.820 bits per heavy atom. The predicted octanol–water partition coefficient (Wildman–Crippen LogP) is 3.76. The summed E-state index contributed by atoms with van der Waals surface area (Å²) in [6.07, 6.45) is 0. The zero-order valence-corrected chi connectivity index (χ0v) is 33.9. The molecule has 8 aromatic carbocycles. The zero-order chi connectivity index (χ0) is 32.0. The quantitative estimate of drug-likeness (QED) is 0.170. The summed E-state index contributed by atoms with van der Waals surface area (Å²) < 4.78 is 0. The molecule has 0 amide bonds. The molecule has 0 spiro atoms. The van der Waals surface area contributed by atoms with Crippen LogP contribution in [0.4, 0.5) is 0 Å². The van der Waals surface area contributed by atoms with E-state index in [0.717, 1.165) is 0 Å². The average molecular weight is 803 g/mol. The Kier molecular flexibility index (Phi) is 15.0. The maximum Gasteiger partial charge on any atom is 4.00 e. The van der Waals surface area contributed by atoms with Crippen molar-refractivity contribution in [2.24, 2.45) is 0 Å². The van der Waals surface area contributed by atoms with E-state index >= 15 is 0 Å². The Hall–Kier alpha value is -3.14. The third kappa shape index (κ3) is 9.20. The molecular formula is C45H38Cl2P2Zr. The molecule has 0 saturated heterocycles. The third-order valence-corrected chi connectivity index (χ3v) is 13.4. The van der Waals surface area contributed by atoms with Gasteiger partial charge >= 0.3 is 26.2 Å². The van der Waals surface area contributed by atoms with Crippen LogP contribution in [0.15, 0.2) is 188 Å². The molecule has 0 N–H and O–H groups in total. The molecule has 8 aromatic rings. The van der Waals surface area contributed by atoms with Gasteiger partial charge in [-0.3, -0.25) is 0 Å². The monoisotopic (exact) mass is 800 g/mol. The van der Waals surface area contributed by atoms with Gasteiger partial charge in [-0.15, -0.1) is 46.0 Å². The van der Waals surface area contributed by atoms with Crippen LogP contribution in [-0.4, -0.2) is 0 Å².